The molecule has 3 aromatic rings. The number of anilines is 1. The van der Waals surface area contributed by atoms with E-state index in [-0.39, 0.29) is 18.3 Å². The molecule has 0 unspecified atom stereocenters. The lowest BCUT2D eigenvalue weighted by Gasteiger charge is -2.10. The van der Waals surface area contributed by atoms with Crippen LogP contribution in [0.25, 0.3) is 0 Å². The molecule has 1 aromatic heterocycles. The van der Waals surface area contributed by atoms with Gasteiger partial charge in [0, 0.05) is 0 Å². The molecule has 0 saturated heterocycles. The number of methoxy groups -OCH3 is 1. The molecule has 28 heavy (non-hydrogen) atoms. The number of carbonyl (C=O) groups excluding carboxylic acids is 1. The summed E-state index contributed by atoms with van der Waals surface area (Å²) in [7, 11) is 1.57. The average Bonchev–Trinajstić information content (AvgIpc) is 3.13. The molecule has 0 bridgehead atoms. The molecule has 0 spiro atoms. The summed E-state index contributed by atoms with van der Waals surface area (Å²) in [5, 5.41) is 10.3. The molecule has 0 aliphatic carbocycles. The Labute approximate surface area is 167 Å². The van der Waals surface area contributed by atoms with E-state index in [1.54, 1.807) is 7.11 Å². The zero-order valence-electron chi connectivity index (χ0n) is 16.0. The number of hydrogen-bond acceptors (Lipinski definition) is 6. The number of amides is 1. The standard InChI is InChI=1S/C20H22N4O3S/c1-13-5-4-6-15(9-13)27-11-18-22-20(24-23-18)28-12-19(25)21-16-10-14(2)7-8-17(16)26-3/h4-10H,11-12H2,1-3H3,(H,21,25)(H,22,23,24). The van der Waals surface area contributed by atoms with Gasteiger partial charge in [-0.3, -0.25) is 9.89 Å². The molecule has 2 N–H and O–H groups in total. The van der Waals surface area contributed by atoms with Gasteiger partial charge >= 0.3 is 0 Å². The number of benzene rings is 2. The zero-order chi connectivity index (χ0) is 19.9. The van der Waals surface area contributed by atoms with Crippen molar-refractivity contribution in [1.82, 2.24) is 15.2 Å². The Morgan fingerprint density at radius 3 is 2.79 bits per heavy atom. The Balaban J connectivity index is 1.50. The minimum absolute atomic E-state index is 0.156. The fourth-order valence-electron chi connectivity index (χ4n) is 2.50. The normalized spacial score (nSPS) is 10.5. The first-order valence-electron chi connectivity index (χ1n) is 8.71. The predicted octanol–water partition coefficient (Wildman–Crippen LogP) is 3.74. The van der Waals surface area contributed by atoms with Crippen molar-refractivity contribution < 1.29 is 14.3 Å². The van der Waals surface area contributed by atoms with E-state index in [0.29, 0.717) is 22.4 Å². The number of aromatic nitrogens is 3. The quantitative estimate of drug-likeness (QED) is 0.562. The van der Waals surface area contributed by atoms with Gasteiger partial charge in [0.2, 0.25) is 11.1 Å². The molecule has 0 radical (unpaired) electrons. The van der Waals surface area contributed by atoms with E-state index < -0.39 is 0 Å². The Kier molecular flexibility index (Phi) is 6.54. The summed E-state index contributed by atoms with van der Waals surface area (Å²) in [5.74, 6) is 2.03. The maximum Gasteiger partial charge on any atom is 0.234 e. The lowest BCUT2D eigenvalue weighted by Crippen LogP contribution is -2.15. The first kappa shape index (κ1) is 19.8. The molecule has 0 aliphatic rings. The highest BCUT2D eigenvalue weighted by atomic mass is 32.2. The Bertz CT molecular complexity index is 958. The molecule has 0 saturated carbocycles. The SMILES string of the molecule is COc1ccc(C)cc1NC(=O)CSc1n[nH]c(COc2cccc(C)c2)n1. The van der Waals surface area contributed by atoms with Crippen LogP contribution < -0.4 is 14.8 Å². The van der Waals surface area contributed by atoms with E-state index in [4.69, 9.17) is 9.47 Å². The number of nitrogens with zero attached hydrogens (tertiary/aromatic N) is 2. The van der Waals surface area contributed by atoms with E-state index in [1.807, 2.05) is 56.3 Å². The van der Waals surface area contributed by atoms with E-state index in [1.165, 1.54) is 11.8 Å². The fraction of sp³-hybridized carbons (Fsp3) is 0.250. The van der Waals surface area contributed by atoms with E-state index in [9.17, 15) is 4.79 Å². The summed E-state index contributed by atoms with van der Waals surface area (Å²) in [6.45, 7) is 4.25. The number of aryl methyl sites for hydroxylation is 2. The van der Waals surface area contributed by atoms with Crippen LogP contribution in [0.4, 0.5) is 5.69 Å². The van der Waals surface area contributed by atoms with E-state index in [2.05, 4.69) is 20.5 Å². The second-order valence-electron chi connectivity index (χ2n) is 6.21. The summed E-state index contributed by atoms with van der Waals surface area (Å²) in [6, 6.07) is 13.4. The minimum Gasteiger partial charge on any atom is -0.495 e. The number of ether oxygens (including phenoxy) is 2. The molecule has 2 aromatic carbocycles. The molecule has 0 fully saturated rings. The van der Waals surface area contributed by atoms with Crippen molar-refractivity contribution in [3.05, 3.63) is 59.4 Å². The van der Waals surface area contributed by atoms with Gasteiger partial charge in [-0.05, 0) is 49.2 Å². The lowest BCUT2D eigenvalue weighted by atomic mass is 10.2. The summed E-state index contributed by atoms with van der Waals surface area (Å²) in [5.41, 5.74) is 2.81. The van der Waals surface area contributed by atoms with Crippen LogP contribution in [0.3, 0.4) is 0 Å². The molecule has 7 nitrogen and oxygen atoms in total. The molecule has 1 heterocycles. The Morgan fingerprint density at radius 1 is 1.18 bits per heavy atom. The maximum absolute atomic E-state index is 12.2. The number of rotatable bonds is 8. The molecule has 8 heteroatoms. The van der Waals surface area contributed by atoms with Crippen LogP contribution in [0.15, 0.2) is 47.6 Å². The smallest absolute Gasteiger partial charge is 0.234 e. The van der Waals surface area contributed by atoms with Crippen molar-refractivity contribution in [3.63, 3.8) is 0 Å². The molecule has 0 atom stereocenters. The highest BCUT2D eigenvalue weighted by Crippen LogP contribution is 2.25. The van der Waals surface area contributed by atoms with Crippen molar-refractivity contribution in [1.29, 1.82) is 0 Å². The Hall–Kier alpha value is -3.00. The van der Waals surface area contributed by atoms with Gasteiger partial charge in [0.05, 0.1) is 18.6 Å². The van der Waals surface area contributed by atoms with Crippen LogP contribution >= 0.6 is 11.8 Å². The van der Waals surface area contributed by atoms with Gasteiger partial charge in [-0.15, -0.1) is 5.10 Å². The highest BCUT2D eigenvalue weighted by molar-refractivity contribution is 7.99. The summed E-state index contributed by atoms with van der Waals surface area (Å²) in [6.07, 6.45) is 0. The molecule has 3 rings (SSSR count). The van der Waals surface area contributed by atoms with Gasteiger partial charge < -0.3 is 14.8 Å². The zero-order valence-corrected chi connectivity index (χ0v) is 16.8. The third kappa shape index (κ3) is 5.50. The van der Waals surface area contributed by atoms with Gasteiger partial charge in [0.25, 0.3) is 0 Å². The van der Waals surface area contributed by atoms with Crippen molar-refractivity contribution in [2.45, 2.75) is 25.6 Å². The van der Waals surface area contributed by atoms with Crippen LogP contribution in [0, 0.1) is 13.8 Å². The summed E-state index contributed by atoms with van der Waals surface area (Å²) >= 11 is 1.25. The van der Waals surface area contributed by atoms with Gasteiger partial charge in [0.15, 0.2) is 5.82 Å². The second-order valence-corrected chi connectivity index (χ2v) is 7.15. The van der Waals surface area contributed by atoms with Gasteiger partial charge in [-0.1, -0.05) is 30.0 Å². The maximum atomic E-state index is 12.2. The third-order valence-corrected chi connectivity index (χ3v) is 4.69. The summed E-state index contributed by atoms with van der Waals surface area (Å²) in [4.78, 5) is 16.6. The van der Waals surface area contributed by atoms with Crippen LogP contribution in [-0.4, -0.2) is 34.0 Å². The van der Waals surface area contributed by atoms with Crippen LogP contribution in [-0.2, 0) is 11.4 Å². The molecule has 146 valence electrons. The first-order chi connectivity index (χ1) is 13.5. The fourth-order valence-corrected chi connectivity index (χ4v) is 3.12. The largest absolute Gasteiger partial charge is 0.495 e. The van der Waals surface area contributed by atoms with Gasteiger partial charge in [0.1, 0.15) is 18.1 Å². The predicted molar refractivity (Wildman–Crippen MR) is 109 cm³/mol. The average molecular weight is 398 g/mol. The topological polar surface area (TPSA) is 89.1 Å². The number of thioether (sulfide) groups is 1. The van der Waals surface area contributed by atoms with Crippen LogP contribution in [0.2, 0.25) is 0 Å². The number of hydrogen-bond donors (Lipinski definition) is 2. The number of H-pyrrole nitrogens is 1. The molecule has 1 amide bonds. The van der Waals surface area contributed by atoms with Gasteiger partial charge in [-0.2, -0.15) is 0 Å². The summed E-state index contributed by atoms with van der Waals surface area (Å²) < 4.78 is 11.0. The lowest BCUT2D eigenvalue weighted by molar-refractivity contribution is -0.113. The van der Waals surface area contributed by atoms with Crippen LogP contribution in [0.1, 0.15) is 17.0 Å². The third-order valence-electron chi connectivity index (χ3n) is 3.84. The first-order valence-corrected chi connectivity index (χ1v) is 9.70. The molecular formula is C20H22N4O3S. The van der Waals surface area contributed by atoms with Crippen molar-refractivity contribution >= 4 is 23.4 Å². The second kappa shape index (κ2) is 9.27. The minimum atomic E-state index is -0.156. The number of carbonyl (C=O) groups is 1. The highest BCUT2D eigenvalue weighted by Gasteiger charge is 2.11. The van der Waals surface area contributed by atoms with Gasteiger partial charge in [-0.25, -0.2) is 4.98 Å². The van der Waals surface area contributed by atoms with Crippen LogP contribution in [0.5, 0.6) is 11.5 Å². The number of nitrogens with one attached hydrogen (secondary N) is 2. The van der Waals surface area contributed by atoms with Crippen molar-refractivity contribution in [3.8, 4) is 11.5 Å². The van der Waals surface area contributed by atoms with E-state index in [0.717, 1.165) is 16.9 Å². The van der Waals surface area contributed by atoms with Crippen molar-refractivity contribution in [2.24, 2.45) is 0 Å². The molecular weight excluding hydrogens is 376 g/mol. The Morgan fingerprint density at radius 2 is 2.00 bits per heavy atom. The number of aromatic amines is 1. The van der Waals surface area contributed by atoms with E-state index >= 15 is 0 Å². The molecule has 0 aliphatic heterocycles. The monoisotopic (exact) mass is 398 g/mol. The van der Waals surface area contributed by atoms with Crippen molar-refractivity contribution in [2.75, 3.05) is 18.2 Å².